The number of nitrogens with one attached hydrogen (secondary N) is 4. The van der Waals surface area contributed by atoms with Crippen LogP contribution in [0.1, 0.15) is 47.8 Å². The van der Waals surface area contributed by atoms with E-state index in [1.54, 1.807) is 41.7 Å². The van der Waals surface area contributed by atoms with Crippen LogP contribution in [0.25, 0.3) is 5.70 Å². The Bertz CT molecular complexity index is 1500. The molecule has 2 heterocycles. The number of rotatable bonds is 7. The van der Waals surface area contributed by atoms with E-state index in [2.05, 4.69) is 26.0 Å². The van der Waals surface area contributed by atoms with Crippen molar-refractivity contribution in [3.05, 3.63) is 83.3 Å². The number of ether oxygens (including phenoxy) is 1. The number of benzene rings is 2. The largest absolute Gasteiger partial charge is 0.492 e. The zero-order valence-electron chi connectivity index (χ0n) is 22.2. The van der Waals surface area contributed by atoms with Crippen molar-refractivity contribution in [1.82, 2.24) is 15.9 Å². The number of methoxy groups -OCH3 is 1. The van der Waals surface area contributed by atoms with Gasteiger partial charge in [0.25, 0.3) is 5.91 Å². The maximum absolute atomic E-state index is 13.4. The fourth-order valence-electron chi connectivity index (χ4n) is 3.97. The number of nitrogens with zero attached hydrogens (tertiary/aromatic N) is 2. The van der Waals surface area contributed by atoms with Gasteiger partial charge in [0.1, 0.15) is 0 Å². The zero-order chi connectivity index (χ0) is 27.7. The summed E-state index contributed by atoms with van der Waals surface area (Å²) in [6.07, 6.45) is 6.42. The van der Waals surface area contributed by atoms with Crippen LogP contribution in [-0.4, -0.2) is 32.7 Å². The molecule has 0 unspecified atom stereocenters. The van der Waals surface area contributed by atoms with Crippen molar-refractivity contribution in [2.24, 2.45) is 0 Å². The highest BCUT2D eigenvalue weighted by molar-refractivity contribution is 7.92. The predicted octanol–water partition coefficient (Wildman–Crippen LogP) is 4.15. The van der Waals surface area contributed by atoms with Gasteiger partial charge in [0.15, 0.2) is 5.75 Å². The second kappa shape index (κ2) is 10.3. The summed E-state index contributed by atoms with van der Waals surface area (Å²) in [4.78, 5) is 17.6. The van der Waals surface area contributed by atoms with Crippen molar-refractivity contribution in [2.45, 2.75) is 33.1 Å². The van der Waals surface area contributed by atoms with Gasteiger partial charge >= 0.3 is 0 Å². The smallest absolute Gasteiger partial charge is 0.255 e. The summed E-state index contributed by atoms with van der Waals surface area (Å²) >= 11 is 0. The van der Waals surface area contributed by atoms with Crippen LogP contribution in [0.5, 0.6) is 5.75 Å². The molecule has 0 saturated carbocycles. The molecule has 38 heavy (non-hydrogen) atoms. The normalized spacial score (nSPS) is 13.5. The number of aromatic nitrogens is 1. The van der Waals surface area contributed by atoms with Gasteiger partial charge in [-0.05, 0) is 59.9 Å². The van der Waals surface area contributed by atoms with Crippen molar-refractivity contribution >= 4 is 38.7 Å². The number of anilines is 3. The highest BCUT2D eigenvalue weighted by atomic mass is 32.2. The van der Waals surface area contributed by atoms with Crippen molar-refractivity contribution in [2.75, 3.05) is 28.4 Å². The predicted molar refractivity (Wildman–Crippen MR) is 150 cm³/mol. The molecule has 11 heteroatoms. The van der Waals surface area contributed by atoms with Gasteiger partial charge in [0.2, 0.25) is 10.0 Å². The number of pyridine rings is 1. The fourth-order valence-corrected chi connectivity index (χ4v) is 4.52. The Labute approximate surface area is 223 Å². The number of carbonyl (C=O) groups is 1. The van der Waals surface area contributed by atoms with Gasteiger partial charge in [-0.3, -0.25) is 19.5 Å². The first kappa shape index (κ1) is 27.0. The van der Waals surface area contributed by atoms with Gasteiger partial charge in [-0.25, -0.2) is 8.42 Å². The number of amides is 1. The summed E-state index contributed by atoms with van der Waals surface area (Å²) in [7, 11) is -2.16. The molecule has 1 aliphatic heterocycles. The molecule has 1 amide bonds. The molecule has 3 aromatic rings. The van der Waals surface area contributed by atoms with Crippen LogP contribution in [-0.2, 0) is 15.4 Å². The fraction of sp³-hybridized carbons (Fsp3) is 0.259. The first-order valence-corrected chi connectivity index (χ1v) is 13.8. The second-order valence-electron chi connectivity index (χ2n) is 10.1. The monoisotopic (exact) mass is 536 g/mol. The average molecular weight is 537 g/mol. The third kappa shape index (κ3) is 6.06. The highest BCUT2D eigenvalue weighted by Crippen LogP contribution is 2.39. The lowest BCUT2D eigenvalue weighted by Crippen LogP contribution is -2.36. The Balaban J connectivity index is 1.67. The van der Waals surface area contributed by atoms with E-state index in [9.17, 15) is 13.2 Å². The van der Waals surface area contributed by atoms with E-state index in [0.29, 0.717) is 11.3 Å². The molecule has 0 fully saturated rings. The van der Waals surface area contributed by atoms with E-state index in [0.717, 1.165) is 34.3 Å². The minimum absolute atomic E-state index is 0.221. The molecule has 2 aromatic carbocycles. The molecular weight excluding hydrogens is 504 g/mol. The summed E-state index contributed by atoms with van der Waals surface area (Å²) in [6.45, 7) is 7.96. The van der Waals surface area contributed by atoms with Crippen LogP contribution < -0.4 is 30.7 Å². The summed E-state index contributed by atoms with van der Waals surface area (Å²) < 4.78 is 32.1. The van der Waals surface area contributed by atoms with Crippen LogP contribution in [0.3, 0.4) is 0 Å². The third-order valence-electron chi connectivity index (χ3n) is 5.98. The molecule has 10 nitrogen and oxygen atoms in total. The Morgan fingerprint density at radius 3 is 2.47 bits per heavy atom. The molecule has 0 spiro atoms. The van der Waals surface area contributed by atoms with Gasteiger partial charge in [0.05, 0.1) is 36.1 Å². The Hall–Kier alpha value is -4.09. The lowest BCUT2D eigenvalue weighted by Gasteiger charge is -2.24. The topological polar surface area (TPSA) is 125 Å². The molecule has 1 aliphatic rings. The molecule has 200 valence electrons. The van der Waals surface area contributed by atoms with Crippen molar-refractivity contribution < 1.29 is 17.9 Å². The van der Waals surface area contributed by atoms with Crippen LogP contribution in [0, 0.1) is 6.92 Å². The van der Waals surface area contributed by atoms with Gasteiger partial charge in [-0.1, -0.05) is 26.8 Å². The molecule has 0 aliphatic carbocycles. The number of hydrazine groups is 2. The Kier molecular flexibility index (Phi) is 7.34. The van der Waals surface area contributed by atoms with E-state index in [-0.39, 0.29) is 22.8 Å². The Morgan fingerprint density at radius 2 is 1.84 bits per heavy atom. The molecular formula is C27H32N6O4S. The van der Waals surface area contributed by atoms with Crippen LogP contribution in [0.2, 0.25) is 0 Å². The third-order valence-corrected chi connectivity index (χ3v) is 6.57. The maximum Gasteiger partial charge on any atom is 0.255 e. The minimum Gasteiger partial charge on any atom is -0.492 e. The molecule has 1 aromatic heterocycles. The van der Waals surface area contributed by atoms with Crippen molar-refractivity contribution in [3.8, 4) is 5.75 Å². The average Bonchev–Trinajstić information content (AvgIpc) is 3.33. The molecule has 0 radical (unpaired) electrons. The van der Waals surface area contributed by atoms with Crippen LogP contribution in [0.15, 0.2) is 61.1 Å². The Morgan fingerprint density at radius 1 is 1.11 bits per heavy atom. The van der Waals surface area contributed by atoms with Crippen LogP contribution in [0.4, 0.5) is 17.1 Å². The van der Waals surface area contributed by atoms with E-state index in [1.165, 1.54) is 7.11 Å². The standard InChI is InChI=1S/C27H32N6O4S/c1-17-9-10-18(12-24(17)33-16-23(30-32-33)19-8-7-11-28-15-19)26(34)29-21-13-20(27(2,3)4)14-22(25(21)37-5)31-38(6,35)36/h7-16,30-32H,1-6H3,(H,29,34). The van der Waals surface area contributed by atoms with E-state index >= 15 is 0 Å². The number of sulfonamides is 1. The van der Waals surface area contributed by atoms with Gasteiger partial charge in [-0.2, -0.15) is 0 Å². The van der Waals surface area contributed by atoms with Gasteiger partial charge < -0.3 is 15.5 Å². The van der Waals surface area contributed by atoms with E-state index < -0.39 is 10.0 Å². The summed E-state index contributed by atoms with van der Waals surface area (Å²) in [5.74, 6) is -0.150. The lowest BCUT2D eigenvalue weighted by atomic mass is 9.86. The molecule has 4 rings (SSSR count). The van der Waals surface area contributed by atoms with Gasteiger partial charge in [0, 0.05) is 29.7 Å². The first-order chi connectivity index (χ1) is 17.9. The van der Waals surface area contributed by atoms with Crippen molar-refractivity contribution in [3.63, 3.8) is 0 Å². The summed E-state index contributed by atoms with van der Waals surface area (Å²) in [6, 6.07) is 12.7. The highest BCUT2D eigenvalue weighted by Gasteiger charge is 2.23. The van der Waals surface area contributed by atoms with E-state index in [4.69, 9.17) is 4.74 Å². The molecule has 4 N–H and O–H groups in total. The van der Waals surface area contributed by atoms with E-state index in [1.807, 2.05) is 52.1 Å². The van der Waals surface area contributed by atoms with Crippen LogP contribution >= 0.6 is 0 Å². The number of hydrogen-bond donors (Lipinski definition) is 4. The van der Waals surface area contributed by atoms with Crippen molar-refractivity contribution in [1.29, 1.82) is 0 Å². The zero-order valence-corrected chi connectivity index (χ0v) is 23.0. The molecule has 0 saturated heterocycles. The summed E-state index contributed by atoms with van der Waals surface area (Å²) in [5, 5.41) is 4.71. The number of aryl methyl sites for hydroxylation is 1. The second-order valence-corrected chi connectivity index (χ2v) is 11.8. The molecule has 0 atom stereocenters. The first-order valence-electron chi connectivity index (χ1n) is 11.9. The molecule has 0 bridgehead atoms. The maximum atomic E-state index is 13.4. The summed E-state index contributed by atoms with van der Waals surface area (Å²) in [5.41, 5.74) is 11.2. The SMILES string of the molecule is COc1c(NC(=O)c2ccc(C)c(N3C=C(c4cccnc4)NN3)c2)cc(C(C)(C)C)cc1NS(C)(=O)=O. The van der Waals surface area contributed by atoms with Gasteiger partial charge in [-0.15, -0.1) is 5.53 Å². The number of hydrogen-bond acceptors (Lipinski definition) is 8. The minimum atomic E-state index is -3.58. The lowest BCUT2D eigenvalue weighted by molar-refractivity contribution is 0.102. The quantitative estimate of drug-likeness (QED) is 0.355. The number of carbonyl (C=O) groups excluding carboxylic acids is 1.